The zero-order valence-corrected chi connectivity index (χ0v) is 12.8. The fourth-order valence-corrected chi connectivity index (χ4v) is 2.34. The van der Waals surface area contributed by atoms with E-state index in [-0.39, 0.29) is 0 Å². The molecule has 0 saturated carbocycles. The molecular formula is C16H34O2. The quantitative estimate of drug-likeness (QED) is 0.370. The van der Waals surface area contributed by atoms with Crippen LogP contribution in [-0.4, -0.2) is 18.0 Å². The van der Waals surface area contributed by atoms with E-state index in [1.165, 1.54) is 51.4 Å². The van der Waals surface area contributed by atoms with E-state index >= 15 is 0 Å². The zero-order valence-electron chi connectivity index (χ0n) is 12.8. The summed E-state index contributed by atoms with van der Waals surface area (Å²) in [7, 11) is 1.63. The second kappa shape index (κ2) is 12.0. The van der Waals surface area contributed by atoms with Crippen molar-refractivity contribution >= 4 is 0 Å². The Kier molecular flexibility index (Phi) is 11.9. The van der Waals surface area contributed by atoms with Crippen LogP contribution in [0.2, 0.25) is 0 Å². The number of hydrogen-bond acceptors (Lipinski definition) is 2. The molecule has 1 atom stereocenters. The Hall–Kier alpha value is -0.0800. The maximum atomic E-state index is 10.3. The van der Waals surface area contributed by atoms with Gasteiger partial charge in [-0.1, -0.05) is 65.2 Å². The standard InChI is InChI=1S/C16H34O2/c1-4-6-8-9-10-11-13-15-16(17,18-3)14-12-7-5-2/h17H,4-15H2,1-3H3. The number of rotatable bonds is 13. The Morgan fingerprint density at radius 2 is 1.11 bits per heavy atom. The van der Waals surface area contributed by atoms with Gasteiger partial charge < -0.3 is 9.84 Å². The third-order valence-corrected chi connectivity index (χ3v) is 3.72. The molecule has 0 bridgehead atoms. The summed E-state index contributed by atoms with van der Waals surface area (Å²) in [4.78, 5) is 0. The molecule has 110 valence electrons. The SMILES string of the molecule is CCCCCCCCCC(O)(CCCCC)OC. The summed E-state index contributed by atoms with van der Waals surface area (Å²) in [6, 6.07) is 0. The van der Waals surface area contributed by atoms with Crippen LogP contribution in [0.3, 0.4) is 0 Å². The van der Waals surface area contributed by atoms with Crippen LogP contribution in [0.5, 0.6) is 0 Å². The third-order valence-electron chi connectivity index (χ3n) is 3.72. The maximum Gasteiger partial charge on any atom is 0.165 e. The van der Waals surface area contributed by atoms with Gasteiger partial charge in [0.2, 0.25) is 0 Å². The van der Waals surface area contributed by atoms with Crippen molar-refractivity contribution in [1.29, 1.82) is 0 Å². The van der Waals surface area contributed by atoms with E-state index in [2.05, 4.69) is 13.8 Å². The molecule has 0 fully saturated rings. The molecule has 1 N–H and O–H groups in total. The molecule has 0 aliphatic carbocycles. The van der Waals surface area contributed by atoms with Crippen LogP contribution in [0.4, 0.5) is 0 Å². The largest absolute Gasteiger partial charge is 0.365 e. The molecule has 0 aromatic rings. The summed E-state index contributed by atoms with van der Waals surface area (Å²) in [5, 5.41) is 10.3. The highest BCUT2D eigenvalue weighted by Crippen LogP contribution is 2.23. The van der Waals surface area contributed by atoms with Crippen LogP contribution in [0.25, 0.3) is 0 Å². The van der Waals surface area contributed by atoms with Gasteiger partial charge in [-0.15, -0.1) is 0 Å². The molecule has 0 aliphatic rings. The highest BCUT2D eigenvalue weighted by molar-refractivity contribution is 4.67. The smallest absolute Gasteiger partial charge is 0.165 e. The Morgan fingerprint density at radius 3 is 1.61 bits per heavy atom. The minimum atomic E-state index is -0.863. The van der Waals surface area contributed by atoms with Gasteiger partial charge in [-0.2, -0.15) is 0 Å². The van der Waals surface area contributed by atoms with Crippen molar-refractivity contribution in [1.82, 2.24) is 0 Å². The first-order chi connectivity index (χ1) is 8.68. The van der Waals surface area contributed by atoms with Crippen molar-refractivity contribution in [2.75, 3.05) is 7.11 Å². The lowest BCUT2D eigenvalue weighted by atomic mass is 10.00. The fraction of sp³-hybridized carbons (Fsp3) is 1.00. The zero-order chi connectivity index (χ0) is 13.7. The topological polar surface area (TPSA) is 29.5 Å². The van der Waals surface area contributed by atoms with E-state index in [0.29, 0.717) is 0 Å². The Bertz CT molecular complexity index is 170. The van der Waals surface area contributed by atoms with Gasteiger partial charge in [0.15, 0.2) is 5.79 Å². The summed E-state index contributed by atoms with van der Waals surface area (Å²) in [6.07, 6.45) is 14.0. The van der Waals surface area contributed by atoms with Crippen LogP contribution in [0, 0.1) is 0 Å². The summed E-state index contributed by atoms with van der Waals surface area (Å²) >= 11 is 0. The van der Waals surface area contributed by atoms with E-state index in [1.54, 1.807) is 7.11 Å². The molecule has 0 aliphatic heterocycles. The van der Waals surface area contributed by atoms with Crippen molar-refractivity contribution in [3.8, 4) is 0 Å². The predicted octanol–water partition coefficient (Wildman–Crippen LogP) is 5.04. The average molecular weight is 258 g/mol. The monoisotopic (exact) mass is 258 g/mol. The van der Waals surface area contributed by atoms with E-state index in [1.807, 2.05) is 0 Å². The second-order valence-electron chi connectivity index (χ2n) is 5.48. The van der Waals surface area contributed by atoms with Crippen LogP contribution >= 0.6 is 0 Å². The second-order valence-corrected chi connectivity index (χ2v) is 5.48. The van der Waals surface area contributed by atoms with Gasteiger partial charge in [0.25, 0.3) is 0 Å². The highest BCUT2D eigenvalue weighted by Gasteiger charge is 2.24. The maximum absolute atomic E-state index is 10.3. The molecule has 1 unspecified atom stereocenters. The summed E-state index contributed by atoms with van der Waals surface area (Å²) in [5.41, 5.74) is 0. The van der Waals surface area contributed by atoms with Gasteiger partial charge in [-0.3, -0.25) is 0 Å². The molecule has 0 heterocycles. The lowest BCUT2D eigenvalue weighted by Crippen LogP contribution is -2.30. The minimum absolute atomic E-state index is 0.785. The minimum Gasteiger partial charge on any atom is -0.365 e. The molecule has 0 saturated heterocycles. The van der Waals surface area contributed by atoms with Crippen LogP contribution in [0.1, 0.15) is 90.9 Å². The number of aliphatic hydroxyl groups is 1. The van der Waals surface area contributed by atoms with Crippen molar-refractivity contribution in [3.63, 3.8) is 0 Å². The van der Waals surface area contributed by atoms with Gasteiger partial charge in [0, 0.05) is 20.0 Å². The molecule has 0 radical (unpaired) electrons. The van der Waals surface area contributed by atoms with Crippen molar-refractivity contribution in [3.05, 3.63) is 0 Å². The van der Waals surface area contributed by atoms with Gasteiger partial charge in [-0.25, -0.2) is 0 Å². The number of hydrogen-bond donors (Lipinski definition) is 1. The molecule has 0 rings (SSSR count). The van der Waals surface area contributed by atoms with Crippen LogP contribution in [0.15, 0.2) is 0 Å². The summed E-state index contributed by atoms with van der Waals surface area (Å²) in [6.45, 7) is 4.43. The number of methoxy groups -OCH3 is 1. The first kappa shape index (κ1) is 17.9. The molecule has 2 heteroatoms. The Morgan fingerprint density at radius 1 is 0.722 bits per heavy atom. The predicted molar refractivity (Wildman–Crippen MR) is 78.7 cm³/mol. The molecule has 0 spiro atoms. The molecule has 2 nitrogen and oxygen atoms in total. The van der Waals surface area contributed by atoms with Gasteiger partial charge >= 0.3 is 0 Å². The van der Waals surface area contributed by atoms with E-state index in [0.717, 1.165) is 25.7 Å². The molecular weight excluding hydrogens is 224 g/mol. The lowest BCUT2D eigenvalue weighted by Gasteiger charge is -2.26. The first-order valence-corrected chi connectivity index (χ1v) is 7.96. The van der Waals surface area contributed by atoms with E-state index < -0.39 is 5.79 Å². The van der Waals surface area contributed by atoms with Crippen molar-refractivity contribution in [2.24, 2.45) is 0 Å². The molecule has 18 heavy (non-hydrogen) atoms. The van der Waals surface area contributed by atoms with Crippen LogP contribution in [-0.2, 0) is 4.74 Å². The van der Waals surface area contributed by atoms with Crippen LogP contribution < -0.4 is 0 Å². The van der Waals surface area contributed by atoms with Crippen molar-refractivity contribution < 1.29 is 9.84 Å². The van der Waals surface area contributed by atoms with Gasteiger partial charge in [0.1, 0.15) is 0 Å². The summed E-state index contributed by atoms with van der Waals surface area (Å²) in [5.74, 6) is -0.863. The Labute approximate surface area is 114 Å². The van der Waals surface area contributed by atoms with E-state index in [9.17, 15) is 5.11 Å². The van der Waals surface area contributed by atoms with Gasteiger partial charge in [0.05, 0.1) is 0 Å². The highest BCUT2D eigenvalue weighted by atomic mass is 16.6. The van der Waals surface area contributed by atoms with E-state index in [4.69, 9.17) is 4.74 Å². The fourth-order valence-electron chi connectivity index (χ4n) is 2.34. The molecule has 0 aromatic carbocycles. The molecule has 0 amide bonds. The Balaban J connectivity index is 3.53. The normalized spacial score (nSPS) is 14.7. The lowest BCUT2D eigenvalue weighted by molar-refractivity contribution is -0.195. The third kappa shape index (κ3) is 9.90. The number of unbranched alkanes of at least 4 members (excludes halogenated alkanes) is 8. The molecule has 0 aromatic heterocycles. The van der Waals surface area contributed by atoms with Gasteiger partial charge in [-0.05, 0) is 12.8 Å². The number of ether oxygens (including phenoxy) is 1. The average Bonchev–Trinajstić information content (AvgIpc) is 2.38. The van der Waals surface area contributed by atoms with Crippen molar-refractivity contribution in [2.45, 2.75) is 96.7 Å². The first-order valence-electron chi connectivity index (χ1n) is 7.96. The summed E-state index contributed by atoms with van der Waals surface area (Å²) < 4.78 is 5.29.